The Morgan fingerprint density at radius 1 is 1.29 bits per heavy atom. The van der Waals surface area contributed by atoms with Gasteiger partial charge in [-0.25, -0.2) is 0 Å². The fraction of sp³-hybridized carbons (Fsp3) is 0.571. The first-order valence-corrected chi connectivity index (χ1v) is 6.47. The SMILES string of the molecule is COc1cccc(Cl)c1CNC(C)CC(C)C. The van der Waals surface area contributed by atoms with Gasteiger partial charge >= 0.3 is 0 Å². The van der Waals surface area contributed by atoms with E-state index in [9.17, 15) is 0 Å². The van der Waals surface area contributed by atoms with Crippen molar-refractivity contribution < 1.29 is 4.74 Å². The van der Waals surface area contributed by atoms with Crippen molar-refractivity contribution in [2.75, 3.05) is 7.11 Å². The highest BCUT2D eigenvalue weighted by molar-refractivity contribution is 6.31. The molecule has 96 valence electrons. The average molecular weight is 256 g/mol. The van der Waals surface area contributed by atoms with Crippen LogP contribution in [0.4, 0.5) is 0 Å². The van der Waals surface area contributed by atoms with Crippen molar-refractivity contribution in [1.82, 2.24) is 5.32 Å². The Bertz CT molecular complexity index is 352. The van der Waals surface area contributed by atoms with Crippen molar-refractivity contribution in [3.63, 3.8) is 0 Å². The zero-order valence-corrected chi connectivity index (χ0v) is 11.8. The largest absolute Gasteiger partial charge is 0.496 e. The van der Waals surface area contributed by atoms with Gasteiger partial charge in [0.2, 0.25) is 0 Å². The zero-order chi connectivity index (χ0) is 12.8. The Balaban J connectivity index is 2.62. The van der Waals surface area contributed by atoms with Gasteiger partial charge in [-0.2, -0.15) is 0 Å². The summed E-state index contributed by atoms with van der Waals surface area (Å²) in [6.45, 7) is 7.41. The average Bonchev–Trinajstić information content (AvgIpc) is 2.26. The molecule has 0 saturated heterocycles. The molecular weight excluding hydrogens is 234 g/mol. The van der Waals surface area contributed by atoms with Gasteiger partial charge in [0.25, 0.3) is 0 Å². The van der Waals surface area contributed by atoms with E-state index in [-0.39, 0.29) is 0 Å². The molecule has 0 bridgehead atoms. The van der Waals surface area contributed by atoms with E-state index in [1.54, 1.807) is 7.11 Å². The van der Waals surface area contributed by atoms with Crippen molar-refractivity contribution in [2.45, 2.75) is 39.8 Å². The van der Waals surface area contributed by atoms with Gasteiger partial charge in [-0.3, -0.25) is 0 Å². The fourth-order valence-electron chi connectivity index (χ4n) is 1.97. The van der Waals surface area contributed by atoms with Crippen molar-refractivity contribution >= 4 is 11.6 Å². The Kier molecular flexibility index (Phi) is 5.79. The molecule has 1 aromatic carbocycles. The van der Waals surface area contributed by atoms with Gasteiger partial charge < -0.3 is 10.1 Å². The standard InChI is InChI=1S/C14H22ClNO/c1-10(2)8-11(3)16-9-12-13(15)6-5-7-14(12)17-4/h5-7,10-11,16H,8-9H2,1-4H3. The number of nitrogens with one attached hydrogen (secondary N) is 1. The van der Waals surface area contributed by atoms with Crippen LogP contribution in [-0.2, 0) is 6.54 Å². The molecule has 0 aliphatic carbocycles. The monoisotopic (exact) mass is 255 g/mol. The molecule has 1 N–H and O–H groups in total. The van der Waals surface area contributed by atoms with Crippen LogP contribution < -0.4 is 10.1 Å². The van der Waals surface area contributed by atoms with E-state index in [0.29, 0.717) is 12.0 Å². The van der Waals surface area contributed by atoms with Gasteiger partial charge in [-0.15, -0.1) is 0 Å². The van der Waals surface area contributed by atoms with Crippen LogP contribution >= 0.6 is 11.6 Å². The molecule has 0 radical (unpaired) electrons. The molecule has 0 heterocycles. The van der Waals surface area contributed by atoms with Crippen LogP contribution in [-0.4, -0.2) is 13.2 Å². The number of halogens is 1. The van der Waals surface area contributed by atoms with E-state index in [0.717, 1.165) is 29.3 Å². The number of ether oxygens (including phenoxy) is 1. The Labute approximate surface area is 109 Å². The van der Waals surface area contributed by atoms with Crippen LogP contribution in [0.5, 0.6) is 5.75 Å². The molecule has 1 unspecified atom stereocenters. The smallest absolute Gasteiger partial charge is 0.124 e. The van der Waals surface area contributed by atoms with Crippen molar-refractivity contribution in [2.24, 2.45) is 5.92 Å². The lowest BCUT2D eigenvalue weighted by Gasteiger charge is -2.17. The lowest BCUT2D eigenvalue weighted by Crippen LogP contribution is -2.27. The molecule has 0 saturated carbocycles. The third-order valence-corrected chi connectivity index (χ3v) is 3.10. The highest BCUT2D eigenvalue weighted by Crippen LogP contribution is 2.26. The van der Waals surface area contributed by atoms with Crippen LogP contribution in [0.3, 0.4) is 0 Å². The molecule has 0 aromatic heterocycles. The summed E-state index contributed by atoms with van der Waals surface area (Å²) < 4.78 is 5.32. The van der Waals surface area contributed by atoms with Crippen LogP contribution in [0.2, 0.25) is 5.02 Å². The second-order valence-corrected chi connectivity index (χ2v) is 5.24. The highest BCUT2D eigenvalue weighted by atomic mass is 35.5. The summed E-state index contributed by atoms with van der Waals surface area (Å²) in [4.78, 5) is 0. The molecular formula is C14H22ClNO. The Morgan fingerprint density at radius 2 is 2.00 bits per heavy atom. The van der Waals surface area contributed by atoms with E-state index < -0.39 is 0 Å². The van der Waals surface area contributed by atoms with E-state index in [4.69, 9.17) is 16.3 Å². The molecule has 0 aliphatic rings. The van der Waals surface area contributed by atoms with E-state index in [2.05, 4.69) is 26.1 Å². The van der Waals surface area contributed by atoms with Gasteiger partial charge in [0.05, 0.1) is 7.11 Å². The van der Waals surface area contributed by atoms with Gasteiger partial charge in [0, 0.05) is 23.2 Å². The number of hydrogen-bond donors (Lipinski definition) is 1. The lowest BCUT2D eigenvalue weighted by molar-refractivity contribution is 0.400. The fourth-order valence-corrected chi connectivity index (χ4v) is 2.20. The number of hydrogen-bond acceptors (Lipinski definition) is 2. The second-order valence-electron chi connectivity index (χ2n) is 4.83. The van der Waals surface area contributed by atoms with Crippen molar-refractivity contribution in [3.8, 4) is 5.75 Å². The number of methoxy groups -OCH3 is 1. The molecule has 1 atom stereocenters. The van der Waals surface area contributed by atoms with Crippen LogP contribution in [0.15, 0.2) is 18.2 Å². The summed E-state index contributed by atoms with van der Waals surface area (Å²) in [6, 6.07) is 6.22. The summed E-state index contributed by atoms with van der Waals surface area (Å²) in [5.74, 6) is 1.55. The first-order chi connectivity index (χ1) is 8.04. The van der Waals surface area contributed by atoms with Gasteiger partial charge in [-0.1, -0.05) is 31.5 Å². The van der Waals surface area contributed by atoms with Crippen molar-refractivity contribution in [1.29, 1.82) is 0 Å². The summed E-state index contributed by atoms with van der Waals surface area (Å²) in [5.41, 5.74) is 1.03. The minimum absolute atomic E-state index is 0.482. The molecule has 0 amide bonds. The molecule has 0 aliphatic heterocycles. The Hall–Kier alpha value is -0.730. The molecule has 0 spiro atoms. The third-order valence-electron chi connectivity index (χ3n) is 2.75. The van der Waals surface area contributed by atoms with Crippen LogP contribution in [0.25, 0.3) is 0 Å². The quantitative estimate of drug-likeness (QED) is 0.833. The topological polar surface area (TPSA) is 21.3 Å². The summed E-state index contributed by atoms with van der Waals surface area (Å²) >= 11 is 6.18. The highest BCUT2D eigenvalue weighted by Gasteiger charge is 2.09. The molecule has 2 nitrogen and oxygen atoms in total. The van der Waals surface area contributed by atoms with Gasteiger partial charge in [-0.05, 0) is 31.4 Å². The lowest BCUT2D eigenvalue weighted by atomic mass is 10.0. The Morgan fingerprint density at radius 3 is 2.59 bits per heavy atom. The van der Waals surface area contributed by atoms with Crippen molar-refractivity contribution in [3.05, 3.63) is 28.8 Å². The van der Waals surface area contributed by atoms with E-state index in [1.165, 1.54) is 0 Å². The third kappa shape index (κ3) is 4.57. The zero-order valence-electron chi connectivity index (χ0n) is 11.1. The summed E-state index contributed by atoms with van der Waals surface area (Å²) in [5, 5.41) is 4.24. The van der Waals surface area contributed by atoms with E-state index in [1.807, 2.05) is 18.2 Å². The maximum Gasteiger partial charge on any atom is 0.124 e. The summed E-state index contributed by atoms with van der Waals surface area (Å²) in [7, 11) is 1.67. The van der Waals surface area contributed by atoms with E-state index >= 15 is 0 Å². The maximum absolute atomic E-state index is 6.18. The molecule has 3 heteroatoms. The second kappa shape index (κ2) is 6.87. The first kappa shape index (κ1) is 14.3. The molecule has 17 heavy (non-hydrogen) atoms. The van der Waals surface area contributed by atoms with Crippen LogP contribution in [0, 0.1) is 5.92 Å². The molecule has 1 aromatic rings. The van der Waals surface area contributed by atoms with Crippen LogP contribution in [0.1, 0.15) is 32.8 Å². The minimum Gasteiger partial charge on any atom is -0.496 e. The van der Waals surface area contributed by atoms with Gasteiger partial charge in [0.1, 0.15) is 5.75 Å². The minimum atomic E-state index is 0.482. The molecule has 0 fully saturated rings. The molecule has 1 rings (SSSR count). The van der Waals surface area contributed by atoms with Gasteiger partial charge in [0.15, 0.2) is 0 Å². The predicted molar refractivity (Wildman–Crippen MR) is 73.8 cm³/mol. The maximum atomic E-state index is 6.18. The number of benzene rings is 1. The summed E-state index contributed by atoms with van der Waals surface area (Å²) in [6.07, 6.45) is 1.16. The first-order valence-electron chi connectivity index (χ1n) is 6.09. The number of rotatable bonds is 6. The predicted octanol–water partition coefficient (Wildman–Crippen LogP) is 3.87. The normalized spacial score (nSPS) is 12.8.